The molecule has 1 aliphatic rings. The Hall–Kier alpha value is -2.60. The van der Waals surface area contributed by atoms with E-state index in [0.29, 0.717) is 0 Å². The molecule has 2 rings (SSSR count). The Labute approximate surface area is 152 Å². The molecule has 12 heteroatoms. The number of ether oxygens (including phenoxy) is 4. The Bertz CT molecular complexity index is 819. The zero-order chi connectivity index (χ0) is 19.4. The highest BCUT2D eigenvalue weighted by atomic mass is 32.1. The standard InChI is InChI=1S/C14H17N3O8S/c1-6(18)23-9-5-22-13(17-14(21)16-10(26)4-15-17)12(25-8(3)20)11(9)24-7(2)19/h4,9,11-13H,5H2,1-3H3,(H,16,21,26)/t9-,11+,12+,13+/m0/s1. The van der Waals surface area contributed by atoms with Gasteiger partial charge in [0.15, 0.2) is 24.5 Å². The molecule has 0 amide bonds. The van der Waals surface area contributed by atoms with Gasteiger partial charge in [0.1, 0.15) is 4.64 Å². The third-order valence-corrected chi connectivity index (χ3v) is 3.51. The Morgan fingerprint density at radius 1 is 1.15 bits per heavy atom. The summed E-state index contributed by atoms with van der Waals surface area (Å²) in [4.78, 5) is 48.8. The summed E-state index contributed by atoms with van der Waals surface area (Å²) in [6.45, 7) is 3.22. The van der Waals surface area contributed by atoms with Crippen molar-refractivity contribution in [1.82, 2.24) is 14.8 Å². The van der Waals surface area contributed by atoms with E-state index in [1.54, 1.807) is 0 Å². The van der Waals surface area contributed by atoms with Gasteiger partial charge >= 0.3 is 23.6 Å². The highest BCUT2D eigenvalue weighted by Gasteiger charge is 2.48. The van der Waals surface area contributed by atoms with Gasteiger partial charge in [-0.1, -0.05) is 12.2 Å². The summed E-state index contributed by atoms with van der Waals surface area (Å²) >= 11 is 4.82. The summed E-state index contributed by atoms with van der Waals surface area (Å²) in [5.74, 6) is -2.06. The van der Waals surface area contributed by atoms with Crippen LogP contribution in [0, 0.1) is 4.64 Å². The average molecular weight is 387 g/mol. The van der Waals surface area contributed by atoms with Crippen molar-refractivity contribution in [3.8, 4) is 0 Å². The summed E-state index contributed by atoms with van der Waals surface area (Å²) in [7, 11) is 0. The van der Waals surface area contributed by atoms with Gasteiger partial charge in [0, 0.05) is 20.8 Å². The van der Waals surface area contributed by atoms with E-state index in [1.807, 2.05) is 0 Å². The fraction of sp³-hybridized carbons (Fsp3) is 0.571. The van der Waals surface area contributed by atoms with E-state index in [0.717, 1.165) is 18.5 Å². The van der Waals surface area contributed by atoms with Crippen LogP contribution in [-0.4, -0.2) is 57.6 Å². The largest absolute Gasteiger partial charge is 0.456 e. The molecule has 1 fully saturated rings. The zero-order valence-electron chi connectivity index (χ0n) is 14.2. The molecule has 142 valence electrons. The molecule has 0 radical (unpaired) electrons. The third kappa shape index (κ3) is 4.73. The molecule has 0 saturated carbocycles. The molecule has 2 heterocycles. The first-order valence-corrected chi connectivity index (χ1v) is 7.91. The molecule has 0 unspecified atom stereocenters. The molecule has 0 aromatic carbocycles. The van der Waals surface area contributed by atoms with Gasteiger partial charge in [0.05, 0.1) is 12.8 Å². The van der Waals surface area contributed by atoms with Gasteiger partial charge in [-0.25, -0.2) is 4.79 Å². The van der Waals surface area contributed by atoms with Crippen LogP contribution in [0.1, 0.15) is 27.0 Å². The first-order valence-electron chi connectivity index (χ1n) is 7.50. The number of nitrogens with one attached hydrogen (secondary N) is 1. The summed E-state index contributed by atoms with van der Waals surface area (Å²) < 4.78 is 22.0. The second-order valence-corrected chi connectivity index (χ2v) is 5.84. The molecule has 4 atom stereocenters. The highest BCUT2D eigenvalue weighted by molar-refractivity contribution is 7.71. The lowest BCUT2D eigenvalue weighted by Gasteiger charge is -2.40. The summed E-state index contributed by atoms with van der Waals surface area (Å²) in [5.41, 5.74) is -0.716. The Kier molecular flexibility index (Phi) is 6.21. The third-order valence-electron chi connectivity index (χ3n) is 3.30. The van der Waals surface area contributed by atoms with Crippen LogP contribution in [0.5, 0.6) is 0 Å². The van der Waals surface area contributed by atoms with Crippen LogP contribution < -0.4 is 5.69 Å². The van der Waals surface area contributed by atoms with Crippen molar-refractivity contribution in [2.45, 2.75) is 45.3 Å². The maximum atomic E-state index is 12.1. The van der Waals surface area contributed by atoms with E-state index in [2.05, 4.69) is 10.1 Å². The van der Waals surface area contributed by atoms with Crippen LogP contribution in [0.4, 0.5) is 0 Å². The van der Waals surface area contributed by atoms with E-state index in [9.17, 15) is 19.2 Å². The summed E-state index contributed by atoms with van der Waals surface area (Å²) in [6.07, 6.45) is -3.55. The van der Waals surface area contributed by atoms with Gasteiger partial charge < -0.3 is 18.9 Å². The smallest absolute Gasteiger partial charge is 0.345 e. The molecule has 1 N–H and O–H groups in total. The van der Waals surface area contributed by atoms with E-state index >= 15 is 0 Å². The van der Waals surface area contributed by atoms with Crippen molar-refractivity contribution in [3.05, 3.63) is 21.3 Å². The summed E-state index contributed by atoms with van der Waals surface area (Å²) in [5, 5.41) is 3.86. The van der Waals surface area contributed by atoms with Crippen molar-refractivity contribution in [2.24, 2.45) is 0 Å². The van der Waals surface area contributed by atoms with Crippen molar-refractivity contribution >= 4 is 30.1 Å². The zero-order valence-corrected chi connectivity index (χ0v) is 15.0. The van der Waals surface area contributed by atoms with Crippen LogP contribution in [0.25, 0.3) is 0 Å². The van der Waals surface area contributed by atoms with Gasteiger partial charge in [-0.15, -0.1) is 0 Å². The second-order valence-electron chi connectivity index (χ2n) is 5.40. The first kappa shape index (κ1) is 19.7. The van der Waals surface area contributed by atoms with E-state index in [1.165, 1.54) is 13.1 Å². The monoisotopic (exact) mass is 387 g/mol. The van der Waals surface area contributed by atoms with Crippen molar-refractivity contribution < 1.29 is 33.3 Å². The van der Waals surface area contributed by atoms with Gasteiger partial charge in [-0.3, -0.25) is 19.4 Å². The highest BCUT2D eigenvalue weighted by Crippen LogP contribution is 2.29. The average Bonchev–Trinajstić information content (AvgIpc) is 2.50. The second kappa shape index (κ2) is 8.19. The minimum atomic E-state index is -1.29. The SMILES string of the molecule is CC(=O)O[C@@H]1[C@H](OC(C)=O)[C@@H](OC(C)=O)CO[C@H]1n1ncc(=S)[nH]c1=O. The summed E-state index contributed by atoms with van der Waals surface area (Å²) in [6, 6.07) is 0. The lowest BCUT2D eigenvalue weighted by molar-refractivity contribution is -0.242. The molecular formula is C14H17N3O8S. The Balaban J connectivity index is 2.46. The number of aromatic amines is 1. The van der Waals surface area contributed by atoms with Crippen LogP contribution in [0.2, 0.25) is 0 Å². The number of H-pyrrole nitrogens is 1. The number of rotatable bonds is 4. The molecule has 1 aromatic rings. The number of aromatic nitrogens is 3. The molecule has 11 nitrogen and oxygen atoms in total. The first-order chi connectivity index (χ1) is 12.2. The predicted octanol–water partition coefficient (Wildman–Crippen LogP) is -0.375. The lowest BCUT2D eigenvalue weighted by Crippen LogP contribution is -2.57. The molecule has 26 heavy (non-hydrogen) atoms. The fourth-order valence-electron chi connectivity index (χ4n) is 2.48. The van der Waals surface area contributed by atoms with Crippen LogP contribution in [0.15, 0.2) is 11.0 Å². The van der Waals surface area contributed by atoms with E-state index < -0.39 is 48.1 Å². The molecule has 0 bridgehead atoms. The Morgan fingerprint density at radius 2 is 1.73 bits per heavy atom. The molecule has 1 saturated heterocycles. The Morgan fingerprint density at radius 3 is 2.27 bits per heavy atom. The van der Waals surface area contributed by atoms with Crippen molar-refractivity contribution in [1.29, 1.82) is 0 Å². The molecular weight excluding hydrogens is 370 g/mol. The number of hydrogen-bond acceptors (Lipinski definition) is 10. The number of esters is 3. The van der Waals surface area contributed by atoms with Crippen molar-refractivity contribution in [2.75, 3.05) is 6.61 Å². The molecule has 0 spiro atoms. The minimum absolute atomic E-state index is 0.0976. The molecule has 1 aromatic heterocycles. The van der Waals surface area contributed by atoms with Gasteiger partial charge in [0.25, 0.3) is 0 Å². The fourth-order valence-corrected chi connectivity index (χ4v) is 2.61. The van der Waals surface area contributed by atoms with Crippen LogP contribution >= 0.6 is 12.2 Å². The lowest BCUT2D eigenvalue weighted by atomic mass is 10.0. The predicted molar refractivity (Wildman–Crippen MR) is 85.3 cm³/mol. The maximum Gasteiger partial charge on any atom is 0.345 e. The minimum Gasteiger partial charge on any atom is -0.456 e. The maximum absolute atomic E-state index is 12.1. The number of nitrogens with zero attached hydrogens (tertiary/aromatic N) is 2. The van der Waals surface area contributed by atoms with Crippen LogP contribution in [-0.2, 0) is 33.3 Å². The quantitative estimate of drug-likeness (QED) is 0.413. The van der Waals surface area contributed by atoms with Crippen LogP contribution in [0.3, 0.4) is 0 Å². The van der Waals surface area contributed by atoms with E-state index in [4.69, 9.17) is 31.2 Å². The normalized spacial score (nSPS) is 25.2. The van der Waals surface area contributed by atoms with E-state index in [-0.39, 0.29) is 11.2 Å². The molecule has 0 aliphatic carbocycles. The van der Waals surface area contributed by atoms with Gasteiger partial charge in [0.2, 0.25) is 0 Å². The number of carbonyl (C=O) groups is 3. The number of carbonyl (C=O) groups excluding carboxylic acids is 3. The molecule has 1 aliphatic heterocycles. The van der Waals surface area contributed by atoms with Crippen molar-refractivity contribution in [3.63, 3.8) is 0 Å². The number of hydrogen-bond donors (Lipinski definition) is 1. The topological polar surface area (TPSA) is 139 Å². The van der Waals surface area contributed by atoms with Gasteiger partial charge in [-0.2, -0.15) is 9.78 Å². The van der Waals surface area contributed by atoms with Gasteiger partial charge in [-0.05, 0) is 0 Å².